The average molecular weight is 326 g/mol. The Hall–Kier alpha value is -2.63. The Morgan fingerprint density at radius 1 is 1.17 bits per heavy atom. The third kappa shape index (κ3) is 4.44. The van der Waals surface area contributed by atoms with Gasteiger partial charge in [0.05, 0.1) is 13.1 Å². The molecule has 0 unspecified atom stereocenters. The zero-order valence-corrected chi connectivity index (χ0v) is 13.6. The van der Waals surface area contributed by atoms with Crippen LogP contribution in [0, 0.1) is 5.92 Å². The van der Waals surface area contributed by atoms with Gasteiger partial charge in [-0.2, -0.15) is 5.10 Å². The summed E-state index contributed by atoms with van der Waals surface area (Å²) < 4.78 is 1.84. The van der Waals surface area contributed by atoms with E-state index in [0.29, 0.717) is 6.54 Å². The lowest BCUT2D eigenvalue weighted by atomic mass is 10.1. The van der Waals surface area contributed by atoms with Crippen LogP contribution in [0.5, 0.6) is 0 Å². The Kier molecular flexibility index (Phi) is 5.25. The molecule has 1 aliphatic rings. The zero-order valence-electron chi connectivity index (χ0n) is 13.6. The highest BCUT2D eigenvalue weighted by Crippen LogP contribution is 2.24. The second-order valence-corrected chi connectivity index (χ2v) is 6.15. The molecule has 1 heterocycles. The fraction of sp³-hybridized carbons (Fsp3) is 0.389. The van der Waals surface area contributed by atoms with Crippen molar-refractivity contribution in [2.24, 2.45) is 5.92 Å². The fourth-order valence-electron chi connectivity index (χ4n) is 2.98. The first kappa shape index (κ1) is 16.2. The van der Waals surface area contributed by atoms with Gasteiger partial charge in [0, 0.05) is 24.0 Å². The van der Waals surface area contributed by atoms with Crippen LogP contribution in [0.15, 0.2) is 42.7 Å². The number of aromatic nitrogens is 2. The van der Waals surface area contributed by atoms with Crippen LogP contribution in [0.4, 0.5) is 5.69 Å². The summed E-state index contributed by atoms with van der Waals surface area (Å²) in [4.78, 5) is 23.8. The van der Waals surface area contributed by atoms with E-state index in [4.69, 9.17) is 0 Å². The predicted octanol–water partition coefficient (Wildman–Crippen LogP) is 2.18. The highest BCUT2D eigenvalue weighted by atomic mass is 16.2. The summed E-state index contributed by atoms with van der Waals surface area (Å²) in [6.45, 7) is 0.711. The van der Waals surface area contributed by atoms with E-state index in [0.717, 1.165) is 36.9 Å². The molecule has 1 aliphatic carbocycles. The molecule has 1 aromatic heterocycles. The molecule has 1 saturated carbocycles. The van der Waals surface area contributed by atoms with Gasteiger partial charge in [0.1, 0.15) is 0 Å². The molecular formula is C18H22N4O2. The number of carbonyl (C=O) groups is 2. The van der Waals surface area contributed by atoms with Crippen LogP contribution < -0.4 is 10.6 Å². The number of hydrogen-bond donors (Lipinski definition) is 2. The summed E-state index contributed by atoms with van der Waals surface area (Å²) in [7, 11) is 0. The quantitative estimate of drug-likeness (QED) is 0.854. The van der Waals surface area contributed by atoms with Crippen molar-refractivity contribution in [3.8, 4) is 0 Å². The molecule has 0 saturated heterocycles. The highest BCUT2D eigenvalue weighted by Gasteiger charge is 2.22. The molecule has 24 heavy (non-hydrogen) atoms. The third-order valence-electron chi connectivity index (χ3n) is 4.29. The minimum Gasteiger partial charge on any atom is -0.347 e. The topological polar surface area (TPSA) is 76.0 Å². The number of rotatable bonds is 6. The normalized spacial score (nSPS) is 14.5. The summed E-state index contributed by atoms with van der Waals surface area (Å²) in [5.74, 6) is -0.127. The van der Waals surface area contributed by atoms with E-state index < -0.39 is 0 Å². The van der Waals surface area contributed by atoms with Gasteiger partial charge in [0.2, 0.25) is 11.8 Å². The van der Waals surface area contributed by atoms with Crippen LogP contribution in [0.3, 0.4) is 0 Å². The molecule has 0 radical (unpaired) electrons. The summed E-state index contributed by atoms with van der Waals surface area (Å²) in [6, 6.07) is 9.50. The lowest BCUT2D eigenvalue weighted by molar-refractivity contribution is -0.127. The van der Waals surface area contributed by atoms with Crippen molar-refractivity contribution in [3.63, 3.8) is 0 Å². The predicted molar refractivity (Wildman–Crippen MR) is 91.4 cm³/mol. The smallest absolute Gasteiger partial charge is 0.243 e. The molecule has 1 aromatic carbocycles. The van der Waals surface area contributed by atoms with E-state index in [1.165, 1.54) is 0 Å². The second-order valence-electron chi connectivity index (χ2n) is 6.15. The molecule has 3 rings (SSSR count). The van der Waals surface area contributed by atoms with Crippen molar-refractivity contribution in [2.45, 2.75) is 32.2 Å². The molecule has 0 spiro atoms. The van der Waals surface area contributed by atoms with E-state index in [9.17, 15) is 9.59 Å². The van der Waals surface area contributed by atoms with E-state index in [2.05, 4.69) is 15.7 Å². The van der Waals surface area contributed by atoms with Crippen molar-refractivity contribution in [1.82, 2.24) is 15.1 Å². The molecule has 1 fully saturated rings. The maximum atomic E-state index is 11.9. The lowest BCUT2D eigenvalue weighted by Crippen LogP contribution is -2.36. The van der Waals surface area contributed by atoms with Gasteiger partial charge in [0.25, 0.3) is 0 Å². The van der Waals surface area contributed by atoms with E-state index in [1.54, 1.807) is 6.20 Å². The van der Waals surface area contributed by atoms with Crippen LogP contribution in [-0.2, 0) is 16.1 Å². The van der Waals surface area contributed by atoms with Crippen LogP contribution in [-0.4, -0.2) is 28.1 Å². The van der Waals surface area contributed by atoms with Crippen LogP contribution in [0.1, 0.15) is 31.2 Å². The van der Waals surface area contributed by atoms with Crippen LogP contribution >= 0.6 is 0 Å². The van der Waals surface area contributed by atoms with Crippen LogP contribution in [0.25, 0.3) is 0 Å². The lowest BCUT2D eigenvalue weighted by Gasteiger charge is -2.11. The second kappa shape index (κ2) is 7.77. The summed E-state index contributed by atoms with van der Waals surface area (Å²) in [5, 5.41) is 9.68. The van der Waals surface area contributed by atoms with E-state index >= 15 is 0 Å². The SMILES string of the molecule is O=C(CNC(=O)C1CCCC1)Nc1ccc(Cn2cccn2)cc1. The number of anilines is 1. The molecular weight excluding hydrogens is 304 g/mol. The molecule has 0 atom stereocenters. The van der Waals surface area contributed by atoms with Crippen molar-refractivity contribution in [3.05, 3.63) is 48.3 Å². The number of amides is 2. The molecule has 6 nitrogen and oxygen atoms in total. The van der Waals surface area contributed by atoms with Crippen molar-refractivity contribution in [2.75, 3.05) is 11.9 Å². The molecule has 0 aliphatic heterocycles. The molecule has 6 heteroatoms. The van der Waals surface area contributed by atoms with Crippen LogP contribution in [0.2, 0.25) is 0 Å². The maximum Gasteiger partial charge on any atom is 0.243 e. The number of carbonyl (C=O) groups excluding carboxylic acids is 2. The Morgan fingerprint density at radius 3 is 2.58 bits per heavy atom. The van der Waals surface area contributed by atoms with Gasteiger partial charge in [-0.25, -0.2) is 0 Å². The first-order valence-corrected chi connectivity index (χ1v) is 8.34. The Morgan fingerprint density at radius 2 is 1.92 bits per heavy atom. The summed E-state index contributed by atoms with van der Waals surface area (Å²) in [6.07, 6.45) is 7.73. The van der Waals surface area contributed by atoms with E-state index in [1.807, 2.05) is 41.2 Å². The largest absolute Gasteiger partial charge is 0.347 e. The number of hydrogen-bond acceptors (Lipinski definition) is 3. The molecule has 0 bridgehead atoms. The van der Waals surface area contributed by atoms with Gasteiger partial charge in [-0.1, -0.05) is 25.0 Å². The van der Waals surface area contributed by atoms with Crippen molar-refractivity contribution >= 4 is 17.5 Å². The van der Waals surface area contributed by atoms with Crippen molar-refractivity contribution in [1.29, 1.82) is 0 Å². The number of nitrogens with zero attached hydrogens (tertiary/aromatic N) is 2. The third-order valence-corrected chi connectivity index (χ3v) is 4.29. The molecule has 2 amide bonds. The molecule has 2 aromatic rings. The zero-order chi connectivity index (χ0) is 16.8. The van der Waals surface area contributed by atoms with E-state index in [-0.39, 0.29) is 24.3 Å². The van der Waals surface area contributed by atoms with Gasteiger partial charge in [-0.3, -0.25) is 14.3 Å². The minimum atomic E-state index is -0.207. The average Bonchev–Trinajstić information content (AvgIpc) is 3.28. The molecule has 2 N–H and O–H groups in total. The number of nitrogens with one attached hydrogen (secondary N) is 2. The fourth-order valence-corrected chi connectivity index (χ4v) is 2.98. The van der Waals surface area contributed by atoms with Crippen molar-refractivity contribution < 1.29 is 9.59 Å². The van der Waals surface area contributed by atoms with Gasteiger partial charge in [-0.05, 0) is 36.6 Å². The monoisotopic (exact) mass is 326 g/mol. The highest BCUT2D eigenvalue weighted by molar-refractivity contribution is 5.94. The van der Waals surface area contributed by atoms with Gasteiger partial charge < -0.3 is 10.6 Å². The first-order valence-electron chi connectivity index (χ1n) is 8.34. The maximum absolute atomic E-state index is 11.9. The standard InChI is InChI=1S/C18H22N4O2/c23-17(12-19-18(24)15-4-1-2-5-15)21-16-8-6-14(7-9-16)13-22-11-3-10-20-22/h3,6-11,15H,1-2,4-5,12-13H2,(H,19,24)(H,21,23). The summed E-state index contributed by atoms with van der Waals surface area (Å²) >= 11 is 0. The minimum absolute atomic E-state index is 0.00257. The Balaban J connectivity index is 1.44. The first-order chi connectivity index (χ1) is 11.7. The Bertz CT molecular complexity index is 674. The van der Waals surface area contributed by atoms with Gasteiger partial charge in [-0.15, -0.1) is 0 Å². The molecule has 126 valence electrons. The summed E-state index contributed by atoms with van der Waals surface area (Å²) in [5.41, 5.74) is 1.82. The van der Waals surface area contributed by atoms with Gasteiger partial charge in [0.15, 0.2) is 0 Å². The Labute approximate surface area is 141 Å². The van der Waals surface area contributed by atoms with Gasteiger partial charge >= 0.3 is 0 Å². The number of benzene rings is 1.